The van der Waals surface area contributed by atoms with Gasteiger partial charge in [-0.2, -0.15) is 0 Å². The predicted octanol–water partition coefficient (Wildman–Crippen LogP) is 1.62. The first-order chi connectivity index (χ1) is 7.63. The fourth-order valence-electron chi connectivity index (χ4n) is 1.24. The van der Waals surface area contributed by atoms with Crippen LogP contribution in [0.1, 0.15) is 27.6 Å². The van der Waals surface area contributed by atoms with Gasteiger partial charge in [0, 0.05) is 11.6 Å². The second-order valence-corrected chi connectivity index (χ2v) is 2.87. The third kappa shape index (κ3) is 2.22. The van der Waals surface area contributed by atoms with Gasteiger partial charge in [0.25, 0.3) is 5.69 Å². The molecule has 0 spiro atoms. The molecule has 0 saturated heterocycles. The van der Waals surface area contributed by atoms with Crippen LogP contribution in [-0.2, 0) is 0 Å². The molecule has 0 amide bonds. The Hall–Kier alpha value is -2.24. The van der Waals surface area contributed by atoms with Crippen molar-refractivity contribution in [2.75, 3.05) is 6.61 Å². The molecule has 1 aromatic carbocycles. The largest absolute Gasteiger partial charge is 0.493 e. The molecule has 1 rings (SSSR count). The minimum atomic E-state index is -0.649. The highest BCUT2D eigenvalue weighted by Gasteiger charge is 2.16. The van der Waals surface area contributed by atoms with Crippen LogP contribution in [0.3, 0.4) is 0 Å². The van der Waals surface area contributed by atoms with Crippen molar-refractivity contribution in [2.45, 2.75) is 6.92 Å². The minimum absolute atomic E-state index is 0.0300. The van der Waals surface area contributed by atoms with Crippen LogP contribution >= 0.6 is 0 Å². The van der Waals surface area contributed by atoms with Gasteiger partial charge >= 0.3 is 0 Å². The predicted molar refractivity (Wildman–Crippen MR) is 55.0 cm³/mol. The molecule has 0 atom stereocenters. The van der Waals surface area contributed by atoms with E-state index in [1.54, 1.807) is 6.92 Å². The first kappa shape index (κ1) is 11.8. The Bertz CT molecular complexity index is 441. The van der Waals surface area contributed by atoms with Gasteiger partial charge in [0.2, 0.25) is 0 Å². The molecule has 0 aliphatic rings. The molecule has 0 aliphatic heterocycles. The number of nitrogens with zero attached hydrogens (tertiary/aromatic N) is 1. The van der Waals surface area contributed by atoms with Gasteiger partial charge < -0.3 is 4.74 Å². The zero-order valence-corrected chi connectivity index (χ0v) is 8.50. The summed E-state index contributed by atoms with van der Waals surface area (Å²) >= 11 is 0. The molecule has 6 heteroatoms. The normalized spacial score (nSPS) is 9.56. The summed E-state index contributed by atoms with van der Waals surface area (Å²) in [5.41, 5.74) is -0.300. The highest BCUT2D eigenvalue weighted by atomic mass is 16.6. The fraction of sp³-hybridized carbons (Fsp3) is 0.200. The number of carbonyl (C=O) groups excluding carboxylic acids is 2. The SMILES string of the molecule is CCOc1cc([N+](=O)[O-])cc(C=O)c1C=O. The number of rotatable bonds is 5. The molecule has 0 N–H and O–H groups in total. The molecule has 84 valence electrons. The van der Waals surface area contributed by atoms with Crippen LogP contribution in [0.15, 0.2) is 12.1 Å². The lowest BCUT2D eigenvalue weighted by Gasteiger charge is -2.07. The smallest absolute Gasteiger partial charge is 0.273 e. The van der Waals surface area contributed by atoms with Crippen molar-refractivity contribution < 1.29 is 19.2 Å². The van der Waals surface area contributed by atoms with Crippen LogP contribution in [-0.4, -0.2) is 24.1 Å². The second kappa shape index (κ2) is 5.01. The minimum Gasteiger partial charge on any atom is -0.493 e. The van der Waals surface area contributed by atoms with Crippen molar-refractivity contribution >= 4 is 18.3 Å². The highest BCUT2D eigenvalue weighted by Crippen LogP contribution is 2.26. The number of aldehydes is 2. The molecule has 0 aromatic heterocycles. The van der Waals surface area contributed by atoms with E-state index in [0.29, 0.717) is 12.6 Å². The zero-order valence-electron chi connectivity index (χ0n) is 8.50. The number of hydrogen-bond donors (Lipinski definition) is 0. The standard InChI is InChI=1S/C10H9NO5/c1-2-16-10-4-8(11(14)15)3-7(5-12)9(10)6-13/h3-6H,2H2,1H3. The number of carbonyl (C=O) groups is 2. The Balaban J connectivity index is 3.42. The summed E-state index contributed by atoms with van der Waals surface area (Å²) in [5.74, 6) is 0.0498. The molecule has 0 aliphatic carbocycles. The molecule has 0 heterocycles. The average molecular weight is 223 g/mol. The van der Waals surface area contributed by atoms with Crippen LogP contribution in [0.5, 0.6) is 5.75 Å². The summed E-state index contributed by atoms with van der Waals surface area (Å²) < 4.78 is 5.07. The average Bonchev–Trinajstić information content (AvgIpc) is 2.28. The van der Waals surface area contributed by atoms with E-state index in [1.807, 2.05) is 0 Å². The maximum absolute atomic E-state index is 10.8. The van der Waals surface area contributed by atoms with Crippen molar-refractivity contribution in [3.8, 4) is 5.75 Å². The maximum Gasteiger partial charge on any atom is 0.273 e. The van der Waals surface area contributed by atoms with Gasteiger partial charge in [0.1, 0.15) is 5.75 Å². The van der Waals surface area contributed by atoms with Gasteiger partial charge in [0.05, 0.1) is 23.2 Å². The lowest BCUT2D eigenvalue weighted by Crippen LogP contribution is -2.01. The molecular formula is C10H9NO5. The maximum atomic E-state index is 10.8. The van der Waals surface area contributed by atoms with Crippen LogP contribution in [0, 0.1) is 10.1 Å². The Morgan fingerprint density at radius 2 is 2.06 bits per heavy atom. The Morgan fingerprint density at radius 1 is 1.38 bits per heavy atom. The van der Waals surface area contributed by atoms with Crippen molar-refractivity contribution in [3.63, 3.8) is 0 Å². The molecule has 0 bridgehead atoms. The monoisotopic (exact) mass is 223 g/mol. The Kier molecular flexibility index (Phi) is 3.71. The van der Waals surface area contributed by atoms with E-state index < -0.39 is 4.92 Å². The summed E-state index contributed by atoms with van der Waals surface area (Å²) in [6.07, 6.45) is 0.831. The zero-order chi connectivity index (χ0) is 12.1. The van der Waals surface area contributed by atoms with Gasteiger partial charge in [-0.1, -0.05) is 0 Å². The summed E-state index contributed by atoms with van der Waals surface area (Å²) in [5, 5.41) is 10.6. The Labute approximate surface area is 91.0 Å². The van der Waals surface area contributed by atoms with E-state index in [4.69, 9.17) is 4.74 Å². The van der Waals surface area contributed by atoms with E-state index in [0.717, 1.165) is 12.1 Å². The van der Waals surface area contributed by atoms with E-state index in [1.165, 1.54) is 0 Å². The first-order valence-corrected chi connectivity index (χ1v) is 4.49. The van der Waals surface area contributed by atoms with Crippen LogP contribution in [0.2, 0.25) is 0 Å². The third-order valence-electron chi connectivity index (χ3n) is 1.91. The van der Waals surface area contributed by atoms with Crippen LogP contribution in [0.25, 0.3) is 0 Å². The second-order valence-electron chi connectivity index (χ2n) is 2.87. The molecular weight excluding hydrogens is 214 g/mol. The Morgan fingerprint density at radius 3 is 2.50 bits per heavy atom. The molecule has 6 nitrogen and oxygen atoms in total. The van der Waals surface area contributed by atoms with Crippen molar-refractivity contribution in [1.82, 2.24) is 0 Å². The number of non-ortho nitro benzene ring substituents is 1. The highest BCUT2D eigenvalue weighted by molar-refractivity contribution is 5.94. The molecule has 0 unspecified atom stereocenters. The quantitative estimate of drug-likeness (QED) is 0.430. The topological polar surface area (TPSA) is 86.5 Å². The van der Waals surface area contributed by atoms with Gasteiger partial charge in [-0.15, -0.1) is 0 Å². The van der Waals surface area contributed by atoms with E-state index in [-0.39, 0.29) is 29.2 Å². The van der Waals surface area contributed by atoms with Crippen molar-refractivity contribution in [1.29, 1.82) is 0 Å². The number of nitro benzene ring substituents is 1. The van der Waals surface area contributed by atoms with E-state index in [9.17, 15) is 19.7 Å². The third-order valence-corrected chi connectivity index (χ3v) is 1.91. The lowest BCUT2D eigenvalue weighted by atomic mass is 10.1. The fourth-order valence-corrected chi connectivity index (χ4v) is 1.24. The van der Waals surface area contributed by atoms with Gasteiger partial charge in [-0.05, 0) is 6.92 Å². The number of benzene rings is 1. The number of hydrogen-bond acceptors (Lipinski definition) is 5. The molecule has 0 fully saturated rings. The van der Waals surface area contributed by atoms with Gasteiger partial charge in [-0.25, -0.2) is 0 Å². The van der Waals surface area contributed by atoms with E-state index in [2.05, 4.69) is 0 Å². The summed E-state index contributed by atoms with van der Waals surface area (Å²) in [6, 6.07) is 2.17. The van der Waals surface area contributed by atoms with Gasteiger partial charge in [0.15, 0.2) is 12.6 Å². The van der Waals surface area contributed by atoms with Crippen molar-refractivity contribution in [2.24, 2.45) is 0 Å². The first-order valence-electron chi connectivity index (χ1n) is 4.49. The van der Waals surface area contributed by atoms with E-state index >= 15 is 0 Å². The number of ether oxygens (including phenoxy) is 1. The molecule has 16 heavy (non-hydrogen) atoms. The summed E-state index contributed by atoms with van der Waals surface area (Å²) in [6.45, 7) is 1.92. The molecule has 0 radical (unpaired) electrons. The lowest BCUT2D eigenvalue weighted by molar-refractivity contribution is -0.385. The van der Waals surface area contributed by atoms with Crippen molar-refractivity contribution in [3.05, 3.63) is 33.4 Å². The van der Waals surface area contributed by atoms with Gasteiger partial charge in [-0.3, -0.25) is 19.7 Å². The van der Waals surface area contributed by atoms with Crippen LogP contribution in [0.4, 0.5) is 5.69 Å². The number of nitro groups is 1. The summed E-state index contributed by atoms with van der Waals surface area (Å²) in [7, 11) is 0. The molecule has 0 saturated carbocycles. The molecule has 1 aromatic rings. The van der Waals surface area contributed by atoms with Crippen LogP contribution < -0.4 is 4.74 Å². The summed E-state index contributed by atoms with van der Waals surface area (Å²) in [4.78, 5) is 31.4.